The normalized spacial score (nSPS) is 14.4. The SMILES string of the molecule is O=C(CCN(C(=O)c1ccco1)C1CCCCC1)Nc1nnc(-c2cccc(Br)c2)s1. The first-order chi connectivity index (χ1) is 15.1. The van der Waals surface area contributed by atoms with Gasteiger partial charge in [0.05, 0.1) is 6.26 Å². The number of nitrogens with zero attached hydrogens (tertiary/aromatic N) is 3. The second-order valence-corrected chi connectivity index (χ2v) is 9.38. The molecule has 31 heavy (non-hydrogen) atoms. The fourth-order valence-corrected chi connectivity index (χ4v) is 4.96. The molecule has 3 aromatic rings. The van der Waals surface area contributed by atoms with Crippen LogP contribution in [-0.4, -0.2) is 39.5 Å². The van der Waals surface area contributed by atoms with Crippen molar-refractivity contribution < 1.29 is 14.0 Å². The average molecular weight is 503 g/mol. The molecule has 1 aliphatic carbocycles. The summed E-state index contributed by atoms with van der Waals surface area (Å²) in [5.41, 5.74) is 0.930. The van der Waals surface area contributed by atoms with Gasteiger partial charge in [0.2, 0.25) is 11.0 Å². The van der Waals surface area contributed by atoms with Crippen molar-refractivity contribution in [1.82, 2.24) is 15.1 Å². The smallest absolute Gasteiger partial charge is 0.289 e. The number of hydrogen-bond donors (Lipinski definition) is 1. The van der Waals surface area contributed by atoms with Gasteiger partial charge >= 0.3 is 0 Å². The summed E-state index contributed by atoms with van der Waals surface area (Å²) in [5.74, 6) is -0.0312. The van der Waals surface area contributed by atoms with Crippen molar-refractivity contribution in [3.05, 3.63) is 52.9 Å². The van der Waals surface area contributed by atoms with Gasteiger partial charge in [-0.1, -0.05) is 58.7 Å². The lowest BCUT2D eigenvalue weighted by molar-refractivity contribution is -0.116. The second kappa shape index (κ2) is 10.2. The van der Waals surface area contributed by atoms with E-state index in [0.717, 1.165) is 40.7 Å². The molecule has 2 amide bonds. The zero-order valence-electron chi connectivity index (χ0n) is 16.9. The molecule has 0 spiro atoms. The van der Waals surface area contributed by atoms with Gasteiger partial charge in [-0.3, -0.25) is 9.59 Å². The molecule has 0 aliphatic heterocycles. The Labute approximate surface area is 193 Å². The Morgan fingerprint density at radius 2 is 2.00 bits per heavy atom. The highest BCUT2D eigenvalue weighted by molar-refractivity contribution is 9.10. The molecule has 0 unspecified atom stereocenters. The van der Waals surface area contributed by atoms with Crippen molar-refractivity contribution in [2.75, 3.05) is 11.9 Å². The third kappa shape index (κ3) is 5.59. The number of furan rings is 1. The Hall–Kier alpha value is -2.52. The quantitative estimate of drug-likeness (QED) is 0.469. The van der Waals surface area contributed by atoms with Gasteiger partial charge in [0, 0.05) is 29.0 Å². The summed E-state index contributed by atoms with van der Waals surface area (Å²) in [6, 6.07) is 11.3. The minimum absolute atomic E-state index is 0.142. The average Bonchev–Trinajstić information content (AvgIpc) is 3.47. The first-order valence-electron chi connectivity index (χ1n) is 10.3. The third-order valence-electron chi connectivity index (χ3n) is 5.33. The van der Waals surface area contributed by atoms with E-state index in [4.69, 9.17) is 4.42 Å². The number of halogens is 1. The van der Waals surface area contributed by atoms with Crippen LogP contribution in [0.1, 0.15) is 49.1 Å². The molecule has 2 aromatic heterocycles. The molecule has 2 heterocycles. The van der Waals surface area contributed by atoms with E-state index >= 15 is 0 Å². The van der Waals surface area contributed by atoms with Crippen molar-refractivity contribution in [2.24, 2.45) is 0 Å². The zero-order chi connectivity index (χ0) is 21.6. The van der Waals surface area contributed by atoms with Gasteiger partial charge in [0.1, 0.15) is 5.01 Å². The summed E-state index contributed by atoms with van der Waals surface area (Å²) in [7, 11) is 0. The molecule has 1 aromatic carbocycles. The van der Waals surface area contributed by atoms with Gasteiger partial charge in [-0.25, -0.2) is 0 Å². The van der Waals surface area contributed by atoms with Crippen molar-refractivity contribution in [1.29, 1.82) is 0 Å². The molecule has 9 heteroatoms. The van der Waals surface area contributed by atoms with E-state index in [0.29, 0.717) is 17.4 Å². The van der Waals surface area contributed by atoms with E-state index in [2.05, 4.69) is 31.4 Å². The molecule has 1 fully saturated rings. The van der Waals surface area contributed by atoms with Crippen LogP contribution in [0.4, 0.5) is 5.13 Å². The van der Waals surface area contributed by atoms with Gasteiger partial charge in [-0.2, -0.15) is 0 Å². The topological polar surface area (TPSA) is 88.3 Å². The highest BCUT2D eigenvalue weighted by Crippen LogP contribution is 2.28. The van der Waals surface area contributed by atoms with Crippen LogP contribution in [0.25, 0.3) is 10.6 Å². The molecular formula is C22H23BrN4O3S. The molecule has 4 rings (SSSR count). The minimum atomic E-state index is -0.190. The Balaban J connectivity index is 1.38. The number of hydrogen-bond acceptors (Lipinski definition) is 6. The number of rotatable bonds is 7. The number of amides is 2. The Kier molecular flexibility index (Phi) is 7.14. The monoisotopic (exact) mass is 502 g/mol. The lowest BCUT2D eigenvalue weighted by Crippen LogP contribution is -2.42. The van der Waals surface area contributed by atoms with Gasteiger partial charge < -0.3 is 14.6 Å². The van der Waals surface area contributed by atoms with E-state index in [1.807, 2.05) is 24.3 Å². The third-order valence-corrected chi connectivity index (χ3v) is 6.71. The van der Waals surface area contributed by atoms with Crippen LogP contribution >= 0.6 is 27.3 Å². The molecule has 162 valence electrons. The first-order valence-corrected chi connectivity index (χ1v) is 11.9. The van der Waals surface area contributed by atoms with Crippen molar-refractivity contribution in [3.63, 3.8) is 0 Å². The molecule has 0 radical (unpaired) electrons. The zero-order valence-corrected chi connectivity index (χ0v) is 19.3. The van der Waals surface area contributed by atoms with Crippen molar-refractivity contribution in [2.45, 2.75) is 44.6 Å². The number of carbonyl (C=O) groups is 2. The second-order valence-electron chi connectivity index (χ2n) is 7.49. The number of nitrogens with one attached hydrogen (secondary N) is 1. The maximum Gasteiger partial charge on any atom is 0.289 e. The van der Waals surface area contributed by atoms with Crippen LogP contribution in [-0.2, 0) is 4.79 Å². The summed E-state index contributed by atoms with van der Waals surface area (Å²) < 4.78 is 6.26. The predicted octanol–water partition coefficient (Wildman–Crippen LogP) is 5.36. The van der Waals surface area contributed by atoms with Crippen LogP contribution in [0.2, 0.25) is 0 Å². The summed E-state index contributed by atoms with van der Waals surface area (Å²) in [6.07, 6.45) is 6.99. The van der Waals surface area contributed by atoms with Crippen LogP contribution < -0.4 is 5.32 Å². The van der Waals surface area contributed by atoms with Gasteiger partial charge in [0.25, 0.3) is 5.91 Å². The minimum Gasteiger partial charge on any atom is -0.459 e. The van der Waals surface area contributed by atoms with Gasteiger partial charge in [-0.05, 0) is 37.1 Å². The first kappa shape index (κ1) is 21.7. The van der Waals surface area contributed by atoms with Crippen molar-refractivity contribution >= 4 is 44.2 Å². The van der Waals surface area contributed by atoms with Crippen LogP contribution in [0.15, 0.2) is 51.6 Å². The summed E-state index contributed by atoms with van der Waals surface area (Å²) in [6.45, 7) is 0.341. The molecule has 1 saturated carbocycles. The lowest BCUT2D eigenvalue weighted by Gasteiger charge is -2.33. The maximum absolute atomic E-state index is 12.9. The number of benzene rings is 1. The molecule has 0 bridgehead atoms. The van der Waals surface area contributed by atoms with Crippen LogP contribution in [0.3, 0.4) is 0 Å². The summed E-state index contributed by atoms with van der Waals surface area (Å²) in [4.78, 5) is 27.3. The Bertz CT molecular complexity index is 1030. The Morgan fingerprint density at radius 3 is 2.74 bits per heavy atom. The molecule has 1 aliphatic rings. The largest absolute Gasteiger partial charge is 0.459 e. The van der Waals surface area contributed by atoms with Gasteiger partial charge in [0.15, 0.2) is 5.76 Å². The Morgan fingerprint density at radius 1 is 1.16 bits per heavy atom. The predicted molar refractivity (Wildman–Crippen MR) is 123 cm³/mol. The van der Waals surface area contributed by atoms with Crippen LogP contribution in [0, 0.1) is 0 Å². The number of aromatic nitrogens is 2. The maximum atomic E-state index is 12.9. The highest BCUT2D eigenvalue weighted by Gasteiger charge is 2.28. The number of anilines is 1. The standard InChI is InChI=1S/C22H23BrN4O3S/c23-16-7-4-6-15(14-16)20-25-26-22(31-20)24-19(28)11-12-27(17-8-2-1-3-9-17)21(29)18-10-5-13-30-18/h4-7,10,13-14,17H,1-3,8-9,11-12H2,(H,24,26,28). The van der Waals surface area contributed by atoms with Crippen LogP contribution in [0.5, 0.6) is 0 Å². The fraction of sp³-hybridized carbons (Fsp3) is 0.364. The van der Waals surface area contributed by atoms with E-state index in [1.54, 1.807) is 17.0 Å². The highest BCUT2D eigenvalue weighted by atomic mass is 79.9. The van der Waals surface area contributed by atoms with E-state index in [9.17, 15) is 9.59 Å². The van der Waals surface area contributed by atoms with E-state index in [-0.39, 0.29) is 24.3 Å². The summed E-state index contributed by atoms with van der Waals surface area (Å²) >= 11 is 4.77. The molecule has 7 nitrogen and oxygen atoms in total. The lowest BCUT2D eigenvalue weighted by atomic mass is 9.94. The molecular weight excluding hydrogens is 480 g/mol. The van der Waals surface area contributed by atoms with E-state index < -0.39 is 0 Å². The summed E-state index contributed by atoms with van der Waals surface area (Å²) in [5, 5.41) is 12.2. The number of carbonyl (C=O) groups excluding carboxylic acids is 2. The molecule has 0 saturated heterocycles. The van der Waals surface area contributed by atoms with E-state index in [1.165, 1.54) is 24.0 Å². The molecule has 1 N–H and O–H groups in total. The van der Waals surface area contributed by atoms with Gasteiger partial charge in [-0.15, -0.1) is 10.2 Å². The molecule has 0 atom stereocenters. The van der Waals surface area contributed by atoms with Crippen molar-refractivity contribution in [3.8, 4) is 10.6 Å². The fourth-order valence-electron chi connectivity index (χ4n) is 3.80.